The molecule has 2 heterocycles. The van der Waals surface area contributed by atoms with Gasteiger partial charge in [-0.3, -0.25) is 28.6 Å². The molecule has 1 aromatic heterocycles. The molecule has 1 saturated heterocycles. The molecule has 2 amide bonds. The van der Waals surface area contributed by atoms with Crippen molar-refractivity contribution >= 4 is 29.2 Å². The van der Waals surface area contributed by atoms with E-state index < -0.39 is 0 Å². The molecular formula is C20H27N5O5. The van der Waals surface area contributed by atoms with E-state index in [1.807, 2.05) is 13.1 Å². The smallest absolute Gasteiger partial charge is 0.290 e. The summed E-state index contributed by atoms with van der Waals surface area (Å²) >= 11 is 0. The second-order valence-electron chi connectivity index (χ2n) is 7.03. The van der Waals surface area contributed by atoms with Crippen LogP contribution in [-0.4, -0.2) is 70.6 Å². The number of likely N-dealkylation sites (N-methyl/N-ethyl adjacent to an activating group) is 1. The van der Waals surface area contributed by atoms with Crippen LogP contribution in [0.15, 0.2) is 35.4 Å². The zero-order chi connectivity index (χ0) is 22.1. The van der Waals surface area contributed by atoms with Crippen molar-refractivity contribution in [1.29, 1.82) is 0 Å². The summed E-state index contributed by atoms with van der Waals surface area (Å²) in [4.78, 5) is 51.0. The predicted octanol–water partition coefficient (Wildman–Crippen LogP) is -0.188. The minimum atomic E-state index is -0.250. The maximum absolute atomic E-state index is 12.4. The first-order chi connectivity index (χ1) is 14.4. The number of likely N-dealkylation sites (tertiary alicyclic amines) is 1. The number of carbonyl (C=O) groups excluding carboxylic acids is 2. The van der Waals surface area contributed by atoms with E-state index in [0.717, 1.165) is 12.8 Å². The lowest BCUT2D eigenvalue weighted by atomic mass is 10.1. The number of nitrogens with one attached hydrogen (secondary N) is 2. The molecule has 3 rings (SSSR count). The molecule has 1 aliphatic rings. The van der Waals surface area contributed by atoms with Gasteiger partial charge in [-0.15, -0.1) is 0 Å². The Morgan fingerprint density at radius 1 is 1.23 bits per heavy atom. The second-order valence-corrected chi connectivity index (χ2v) is 7.03. The molecule has 0 aliphatic carbocycles. The van der Waals surface area contributed by atoms with Crippen LogP contribution in [-0.2, 0) is 20.9 Å². The molecule has 1 aliphatic heterocycles. The summed E-state index contributed by atoms with van der Waals surface area (Å²) in [5, 5.41) is 12.9. The van der Waals surface area contributed by atoms with Gasteiger partial charge in [0.25, 0.3) is 12.0 Å². The average Bonchev–Trinajstić information content (AvgIpc) is 3.08. The number of para-hydroxylation sites is 1. The molecule has 3 N–H and O–H groups in total. The number of benzene rings is 1. The highest BCUT2D eigenvalue weighted by atomic mass is 16.3. The van der Waals surface area contributed by atoms with Gasteiger partial charge in [-0.2, -0.15) is 0 Å². The summed E-state index contributed by atoms with van der Waals surface area (Å²) in [7, 11) is 3.62. The van der Waals surface area contributed by atoms with Crippen molar-refractivity contribution in [2.75, 3.05) is 20.6 Å². The van der Waals surface area contributed by atoms with Gasteiger partial charge in [0.15, 0.2) is 0 Å². The van der Waals surface area contributed by atoms with Gasteiger partial charge >= 0.3 is 0 Å². The largest absolute Gasteiger partial charge is 0.483 e. The molecule has 162 valence electrons. The van der Waals surface area contributed by atoms with Crippen LogP contribution in [0.5, 0.6) is 0 Å². The fourth-order valence-corrected chi connectivity index (χ4v) is 3.56. The number of carboxylic acid groups (broad SMARTS) is 1. The van der Waals surface area contributed by atoms with Gasteiger partial charge in [0, 0.05) is 32.1 Å². The molecule has 0 spiro atoms. The number of fused-ring (bicyclic) bond motifs is 1. The molecule has 0 unspecified atom stereocenters. The lowest BCUT2D eigenvalue weighted by Gasteiger charge is -2.25. The standard InChI is InChI=1S/C19H25N5O3.CH2O2/c1-20-17(25)9-13-7-8-14(23(13)2)10-21-18(26)11-24-12-22-16-6-4-3-5-15(16)19(24)27;2-1-3/h3-6,12-14H,7-11H2,1-2H3,(H,20,25)(H,21,26);1H,(H,2,3)/t13-,14+;/m1./s1. The first kappa shape index (κ1) is 23.0. The highest BCUT2D eigenvalue weighted by Gasteiger charge is 2.31. The van der Waals surface area contributed by atoms with E-state index >= 15 is 0 Å². The summed E-state index contributed by atoms with van der Waals surface area (Å²) in [6.07, 6.45) is 3.73. The zero-order valence-electron chi connectivity index (χ0n) is 17.1. The van der Waals surface area contributed by atoms with Crippen LogP contribution in [0.25, 0.3) is 10.9 Å². The third kappa shape index (κ3) is 5.86. The van der Waals surface area contributed by atoms with E-state index in [0.29, 0.717) is 23.9 Å². The summed E-state index contributed by atoms with van der Waals surface area (Å²) in [6.45, 7) is 0.185. The fraction of sp³-hybridized carbons (Fsp3) is 0.450. The molecule has 2 atom stereocenters. The van der Waals surface area contributed by atoms with E-state index in [-0.39, 0.29) is 42.5 Å². The van der Waals surface area contributed by atoms with Gasteiger partial charge in [0.05, 0.1) is 17.2 Å². The number of hydrogen-bond donors (Lipinski definition) is 3. The molecule has 1 aromatic carbocycles. The fourth-order valence-electron chi connectivity index (χ4n) is 3.56. The maximum Gasteiger partial charge on any atom is 0.290 e. The average molecular weight is 417 g/mol. The molecule has 10 nitrogen and oxygen atoms in total. The SMILES string of the molecule is CNC(=O)C[C@H]1CC[C@@H](CNC(=O)Cn2cnc3ccccc3c2=O)N1C.O=CO. The van der Waals surface area contributed by atoms with Crippen LogP contribution in [0.4, 0.5) is 0 Å². The first-order valence-corrected chi connectivity index (χ1v) is 9.62. The molecular weight excluding hydrogens is 390 g/mol. The van der Waals surface area contributed by atoms with Crippen molar-refractivity contribution in [1.82, 2.24) is 25.1 Å². The van der Waals surface area contributed by atoms with Crippen LogP contribution < -0.4 is 16.2 Å². The number of carbonyl (C=O) groups is 3. The normalized spacial score (nSPS) is 18.3. The molecule has 0 saturated carbocycles. The van der Waals surface area contributed by atoms with Crippen molar-refractivity contribution in [3.05, 3.63) is 40.9 Å². The van der Waals surface area contributed by atoms with E-state index in [4.69, 9.17) is 9.90 Å². The van der Waals surface area contributed by atoms with Crippen LogP contribution in [0.3, 0.4) is 0 Å². The minimum Gasteiger partial charge on any atom is -0.483 e. The van der Waals surface area contributed by atoms with E-state index in [9.17, 15) is 14.4 Å². The zero-order valence-corrected chi connectivity index (χ0v) is 17.1. The van der Waals surface area contributed by atoms with Crippen LogP contribution in [0.2, 0.25) is 0 Å². The molecule has 2 aromatic rings. The lowest BCUT2D eigenvalue weighted by Crippen LogP contribution is -2.43. The summed E-state index contributed by atoms with van der Waals surface area (Å²) in [5.74, 6) is -0.197. The van der Waals surface area contributed by atoms with Crippen molar-refractivity contribution in [3.63, 3.8) is 0 Å². The highest BCUT2D eigenvalue weighted by molar-refractivity contribution is 5.79. The minimum absolute atomic E-state index is 0.0275. The van der Waals surface area contributed by atoms with Crippen molar-refractivity contribution < 1.29 is 19.5 Å². The van der Waals surface area contributed by atoms with E-state index in [2.05, 4.69) is 20.5 Å². The summed E-state index contributed by atoms with van der Waals surface area (Å²) in [5.41, 5.74) is 0.397. The topological polar surface area (TPSA) is 134 Å². The Balaban J connectivity index is 0.00000101. The van der Waals surface area contributed by atoms with Gasteiger partial charge < -0.3 is 15.7 Å². The Hall–Kier alpha value is -3.27. The number of rotatable bonds is 6. The van der Waals surface area contributed by atoms with E-state index in [1.54, 1.807) is 25.2 Å². The number of amides is 2. The summed E-state index contributed by atoms with van der Waals surface area (Å²) in [6, 6.07) is 7.46. The third-order valence-electron chi connectivity index (χ3n) is 5.27. The predicted molar refractivity (Wildman–Crippen MR) is 111 cm³/mol. The molecule has 0 bridgehead atoms. The molecule has 1 fully saturated rings. The Morgan fingerprint density at radius 3 is 2.60 bits per heavy atom. The maximum atomic E-state index is 12.4. The van der Waals surface area contributed by atoms with Gasteiger partial charge in [0.2, 0.25) is 11.8 Å². The van der Waals surface area contributed by atoms with Gasteiger partial charge in [-0.25, -0.2) is 4.98 Å². The molecule has 0 radical (unpaired) electrons. The number of nitrogens with zero attached hydrogens (tertiary/aromatic N) is 3. The third-order valence-corrected chi connectivity index (χ3v) is 5.27. The van der Waals surface area contributed by atoms with Gasteiger partial charge in [-0.1, -0.05) is 12.1 Å². The van der Waals surface area contributed by atoms with Crippen molar-refractivity contribution in [2.24, 2.45) is 0 Å². The first-order valence-electron chi connectivity index (χ1n) is 9.62. The van der Waals surface area contributed by atoms with Gasteiger partial charge in [0.1, 0.15) is 6.54 Å². The van der Waals surface area contributed by atoms with E-state index in [1.165, 1.54) is 10.9 Å². The Labute approximate surface area is 173 Å². The van der Waals surface area contributed by atoms with Crippen molar-refractivity contribution in [2.45, 2.75) is 37.9 Å². The monoisotopic (exact) mass is 417 g/mol. The van der Waals surface area contributed by atoms with Gasteiger partial charge in [-0.05, 0) is 32.0 Å². The van der Waals surface area contributed by atoms with Crippen molar-refractivity contribution in [3.8, 4) is 0 Å². The number of hydrogen-bond acceptors (Lipinski definition) is 6. The Bertz CT molecular complexity index is 945. The highest BCUT2D eigenvalue weighted by Crippen LogP contribution is 2.24. The Kier molecular flexibility index (Phi) is 8.48. The second kappa shape index (κ2) is 11.1. The quantitative estimate of drug-likeness (QED) is 0.555. The summed E-state index contributed by atoms with van der Waals surface area (Å²) < 4.78 is 1.32. The Morgan fingerprint density at radius 2 is 1.90 bits per heavy atom. The van der Waals surface area contributed by atoms with Crippen LogP contribution in [0.1, 0.15) is 19.3 Å². The lowest BCUT2D eigenvalue weighted by molar-refractivity contribution is -0.123. The van der Waals surface area contributed by atoms with Crippen LogP contribution in [0, 0.1) is 0 Å². The van der Waals surface area contributed by atoms with Crippen LogP contribution >= 0.6 is 0 Å². The molecule has 10 heteroatoms. The molecule has 30 heavy (non-hydrogen) atoms. The number of aromatic nitrogens is 2.